The predicted molar refractivity (Wildman–Crippen MR) is 57.3 cm³/mol. The fraction of sp³-hybridized carbons (Fsp3) is 0.364. The van der Waals surface area contributed by atoms with Crippen LogP contribution in [0.5, 0.6) is 0 Å². The fourth-order valence-electron chi connectivity index (χ4n) is 1.33. The van der Waals surface area contributed by atoms with Gasteiger partial charge in [0.15, 0.2) is 0 Å². The van der Waals surface area contributed by atoms with Crippen molar-refractivity contribution in [3.8, 4) is 0 Å². The number of rotatable bonds is 4. The number of hydrogen-bond donors (Lipinski definition) is 2. The van der Waals surface area contributed by atoms with Gasteiger partial charge in [0.1, 0.15) is 0 Å². The molecule has 0 aliphatic heterocycles. The first-order valence-electron chi connectivity index (χ1n) is 4.94. The molecule has 3 nitrogen and oxygen atoms in total. The Morgan fingerprint density at radius 2 is 2.06 bits per heavy atom. The third-order valence-electron chi connectivity index (χ3n) is 2.13. The molecule has 0 bridgehead atoms. The Balaban J connectivity index is 2.74. The summed E-state index contributed by atoms with van der Waals surface area (Å²) in [5, 5.41) is 11.4. The van der Waals surface area contributed by atoms with Gasteiger partial charge < -0.3 is 10.4 Å². The largest absolute Gasteiger partial charge is 0.478 e. The minimum Gasteiger partial charge on any atom is -0.478 e. The maximum absolute atomic E-state index is 11.9. The first-order chi connectivity index (χ1) is 7.79. The number of benzene rings is 1. The van der Waals surface area contributed by atoms with Gasteiger partial charge in [0.2, 0.25) is 0 Å². The van der Waals surface area contributed by atoms with Crippen molar-refractivity contribution >= 4 is 11.7 Å². The van der Waals surface area contributed by atoms with E-state index in [1.807, 2.05) is 0 Å². The summed E-state index contributed by atoms with van der Waals surface area (Å²) in [6.45, 7) is 1.37. The van der Waals surface area contributed by atoms with Crippen LogP contribution in [-0.4, -0.2) is 23.8 Å². The first kappa shape index (κ1) is 13.3. The molecule has 17 heavy (non-hydrogen) atoms. The molecule has 0 saturated carbocycles. The monoisotopic (exact) mass is 247 g/mol. The molecule has 0 unspecified atom stereocenters. The SMILES string of the molecule is Cc1ccc(NCCC(F)(F)F)c(C(=O)O)c1. The molecule has 94 valence electrons. The van der Waals surface area contributed by atoms with Crippen molar-refractivity contribution in [3.05, 3.63) is 29.3 Å². The zero-order valence-electron chi connectivity index (χ0n) is 9.14. The molecule has 2 N–H and O–H groups in total. The molecule has 0 heterocycles. The van der Waals surface area contributed by atoms with Gasteiger partial charge in [-0.25, -0.2) is 4.79 Å². The lowest BCUT2D eigenvalue weighted by atomic mass is 10.1. The smallest absolute Gasteiger partial charge is 0.390 e. The quantitative estimate of drug-likeness (QED) is 0.859. The highest BCUT2D eigenvalue weighted by molar-refractivity contribution is 5.94. The molecule has 0 fully saturated rings. The molecule has 0 radical (unpaired) electrons. The average Bonchev–Trinajstić information content (AvgIpc) is 2.18. The van der Waals surface area contributed by atoms with Crippen LogP contribution in [0, 0.1) is 6.92 Å². The van der Waals surface area contributed by atoms with Crippen molar-refractivity contribution in [1.29, 1.82) is 0 Å². The molecule has 0 saturated heterocycles. The van der Waals surface area contributed by atoms with E-state index in [1.54, 1.807) is 13.0 Å². The molecule has 0 spiro atoms. The van der Waals surface area contributed by atoms with Gasteiger partial charge >= 0.3 is 12.1 Å². The molecule has 0 atom stereocenters. The van der Waals surface area contributed by atoms with Crippen LogP contribution in [0.3, 0.4) is 0 Å². The van der Waals surface area contributed by atoms with Crippen LogP contribution in [0.1, 0.15) is 22.3 Å². The number of anilines is 1. The van der Waals surface area contributed by atoms with E-state index in [0.717, 1.165) is 5.56 Å². The van der Waals surface area contributed by atoms with Crippen molar-refractivity contribution < 1.29 is 23.1 Å². The summed E-state index contributed by atoms with van der Waals surface area (Å²) in [5.74, 6) is -1.16. The minimum atomic E-state index is -4.25. The van der Waals surface area contributed by atoms with E-state index < -0.39 is 18.6 Å². The third-order valence-corrected chi connectivity index (χ3v) is 2.13. The van der Waals surface area contributed by atoms with Gasteiger partial charge in [-0.05, 0) is 19.1 Å². The molecule has 0 aliphatic carbocycles. The second-order valence-electron chi connectivity index (χ2n) is 3.65. The zero-order valence-corrected chi connectivity index (χ0v) is 9.14. The van der Waals surface area contributed by atoms with Crippen LogP contribution in [0.25, 0.3) is 0 Å². The minimum absolute atomic E-state index is 0.0211. The molecular weight excluding hydrogens is 235 g/mol. The summed E-state index contributed by atoms with van der Waals surface area (Å²) in [4.78, 5) is 10.9. The van der Waals surface area contributed by atoms with E-state index in [4.69, 9.17) is 5.11 Å². The van der Waals surface area contributed by atoms with Crippen LogP contribution in [0.2, 0.25) is 0 Å². The Hall–Kier alpha value is -1.72. The van der Waals surface area contributed by atoms with Crippen LogP contribution < -0.4 is 5.32 Å². The topological polar surface area (TPSA) is 49.3 Å². The summed E-state index contributed by atoms with van der Waals surface area (Å²) in [6.07, 6.45) is -5.25. The number of alkyl halides is 3. The summed E-state index contributed by atoms with van der Waals surface area (Å²) >= 11 is 0. The Kier molecular flexibility index (Phi) is 3.98. The molecule has 1 aromatic carbocycles. The van der Waals surface area contributed by atoms with E-state index in [9.17, 15) is 18.0 Å². The Bertz CT molecular complexity index is 416. The van der Waals surface area contributed by atoms with Crippen LogP contribution in [-0.2, 0) is 0 Å². The van der Waals surface area contributed by atoms with Gasteiger partial charge in [0, 0.05) is 12.2 Å². The van der Waals surface area contributed by atoms with Gasteiger partial charge in [-0.15, -0.1) is 0 Å². The molecule has 0 amide bonds. The Morgan fingerprint density at radius 1 is 1.41 bits per heavy atom. The highest BCUT2D eigenvalue weighted by Crippen LogP contribution is 2.21. The van der Waals surface area contributed by atoms with Crippen LogP contribution >= 0.6 is 0 Å². The number of hydrogen-bond acceptors (Lipinski definition) is 2. The van der Waals surface area contributed by atoms with Crippen molar-refractivity contribution in [2.45, 2.75) is 19.5 Å². The van der Waals surface area contributed by atoms with Crippen LogP contribution in [0.15, 0.2) is 18.2 Å². The molecule has 1 aromatic rings. The van der Waals surface area contributed by atoms with E-state index in [1.165, 1.54) is 12.1 Å². The van der Waals surface area contributed by atoms with E-state index >= 15 is 0 Å². The zero-order chi connectivity index (χ0) is 13.1. The van der Waals surface area contributed by atoms with Crippen LogP contribution in [0.4, 0.5) is 18.9 Å². The highest BCUT2D eigenvalue weighted by Gasteiger charge is 2.26. The fourth-order valence-corrected chi connectivity index (χ4v) is 1.33. The standard InChI is InChI=1S/C11H12F3NO2/c1-7-2-3-9(8(6-7)10(16)17)15-5-4-11(12,13)14/h2-3,6,15H,4-5H2,1H3,(H,16,17). The summed E-state index contributed by atoms with van der Waals surface area (Å²) < 4.78 is 35.8. The summed E-state index contributed by atoms with van der Waals surface area (Å²) in [6, 6.07) is 4.52. The number of aryl methyl sites for hydroxylation is 1. The number of aromatic carboxylic acids is 1. The Morgan fingerprint density at radius 3 is 2.59 bits per heavy atom. The van der Waals surface area contributed by atoms with Gasteiger partial charge in [0.05, 0.1) is 12.0 Å². The van der Waals surface area contributed by atoms with Crippen molar-refractivity contribution in [2.75, 3.05) is 11.9 Å². The molecule has 0 aromatic heterocycles. The number of carboxylic acid groups (broad SMARTS) is 1. The normalized spacial score (nSPS) is 11.3. The average molecular weight is 247 g/mol. The Labute approximate surface area is 96.3 Å². The van der Waals surface area contributed by atoms with Gasteiger partial charge in [-0.3, -0.25) is 0 Å². The molecule has 0 aliphatic rings. The lowest BCUT2D eigenvalue weighted by Gasteiger charge is -2.11. The van der Waals surface area contributed by atoms with E-state index in [-0.39, 0.29) is 17.8 Å². The maximum Gasteiger partial charge on any atom is 0.390 e. The number of nitrogens with one attached hydrogen (secondary N) is 1. The number of halogens is 3. The molecule has 1 rings (SSSR count). The van der Waals surface area contributed by atoms with Crippen molar-refractivity contribution in [3.63, 3.8) is 0 Å². The van der Waals surface area contributed by atoms with E-state index in [0.29, 0.717) is 0 Å². The maximum atomic E-state index is 11.9. The second-order valence-corrected chi connectivity index (χ2v) is 3.65. The highest BCUT2D eigenvalue weighted by atomic mass is 19.4. The molecule has 6 heteroatoms. The lowest BCUT2D eigenvalue weighted by Crippen LogP contribution is -2.16. The summed E-state index contributed by atoms with van der Waals surface area (Å²) in [7, 11) is 0. The number of carbonyl (C=O) groups is 1. The predicted octanol–water partition coefficient (Wildman–Crippen LogP) is 3.06. The van der Waals surface area contributed by atoms with Crippen molar-refractivity contribution in [2.24, 2.45) is 0 Å². The number of carboxylic acids is 1. The second kappa shape index (κ2) is 5.07. The molecular formula is C11H12F3NO2. The third kappa shape index (κ3) is 4.34. The van der Waals surface area contributed by atoms with Gasteiger partial charge in [-0.2, -0.15) is 13.2 Å². The van der Waals surface area contributed by atoms with Gasteiger partial charge in [-0.1, -0.05) is 11.6 Å². The van der Waals surface area contributed by atoms with E-state index in [2.05, 4.69) is 5.32 Å². The lowest BCUT2D eigenvalue weighted by molar-refractivity contribution is -0.131. The van der Waals surface area contributed by atoms with Gasteiger partial charge in [0.25, 0.3) is 0 Å². The summed E-state index contributed by atoms with van der Waals surface area (Å²) in [5.41, 5.74) is 0.920. The van der Waals surface area contributed by atoms with Crippen molar-refractivity contribution in [1.82, 2.24) is 0 Å². The first-order valence-corrected chi connectivity index (χ1v) is 4.94.